The van der Waals surface area contributed by atoms with Gasteiger partial charge in [-0.1, -0.05) is 24.3 Å². The van der Waals surface area contributed by atoms with Gasteiger partial charge in [0.1, 0.15) is 11.8 Å². The minimum atomic E-state index is -0.863. The van der Waals surface area contributed by atoms with E-state index in [1.165, 1.54) is 0 Å². The number of allylic oxidation sites excluding steroid dienone is 2. The van der Waals surface area contributed by atoms with E-state index in [2.05, 4.69) is 5.32 Å². The fraction of sp³-hybridized carbons (Fsp3) is 0.308. The molecule has 3 rings (SSSR count). The number of hydrogen-bond acceptors (Lipinski definition) is 3. The number of fused-ring (bicyclic) bond motifs is 3. The number of rotatable bonds is 1. The molecular weight excluding hydrogens is 218 g/mol. The van der Waals surface area contributed by atoms with Crippen LogP contribution in [-0.2, 0) is 4.79 Å². The first-order valence-electron chi connectivity index (χ1n) is 5.66. The molecule has 0 radical (unpaired) electrons. The molecule has 0 fully saturated rings. The van der Waals surface area contributed by atoms with Crippen LogP contribution in [-0.4, -0.2) is 22.2 Å². The molecule has 1 aromatic carbocycles. The van der Waals surface area contributed by atoms with E-state index < -0.39 is 12.0 Å². The zero-order chi connectivity index (χ0) is 12.0. The summed E-state index contributed by atoms with van der Waals surface area (Å²) >= 11 is 0. The van der Waals surface area contributed by atoms with Crippen LogP contribution in [0.5, 0.6) is 5.75 Å². The van der Waals surface area contributed by atoms with E-state index >= 15 is 0 Å². The average molecular weight is 231 g/mol. The molecule has 17 heavy (non-hydrogen) atoms. The number of nitrogens with one attached hydrogen (secondary N) is 1. The number of aliphatic carboxylic acids is 1. The number of carboxylic acid groups (broad SMARTS) is 1. The number of aromatic hydroxyl groups is 1. The molecule has 2 aliphatic rings. The molecule has 0 amide bonds. The highest BCUT2D eigenvalue weighted by Gasteiger charge is 2.41. The van der Waals surface area contributed by atoms with Gasteiger partial charge in [-0.05, 0) is 18.1 Å². The topological polar surface area (TPSA) is 69.6 Å². The van der Waals surface area contributed by atoms with Crippen LogP contribution in [0.3, 0.4) is 0 Å². The van der Waals surface area contributed by atoms with Crippen LogP contribution in [0.1, 0.15) is 17.9 Å². The molecule has 3 atom stereocenters. The van der Waals surface area contributed by atoms with Gasteiger partial charge in [0, 0.05) is 11.8 Å². The molecule has 0 saturated heterocycles. The van der Waals surface area contributed by atoms with Gasteiger partial charge in [-0.25, -0.2) is 4.79 Å². The largest absolute Gasteiger partial charge is 0.506 e. The average Bonchev–Trinajstić information content (AvgIpc) is 2.77. The van der Waals surface area contributed by atoms with Crippen molar-refractivity contribution in [3.63, 3.8) is 0 Å². The van der Waals surface area contributed by atoms with Gasteiger partial charge in [-0.2, -0.15) is 0 Å². The van der Waals surface area contributed by atoms with Crippen molar-refractivity contribution in [3.8, 4) is 5.75 Å². The first kappa shape index (κ1) is 10.2. The molecule has 88 valence electrons. The normalized spacial score (nSPS) is 29.3. The summed E-state index contributed by atoms with van der Waals surface area (Å²) in [4.78, 5) is 11.2. The molecule has 0 bridgehead atoms. The lowest BCUT2D eigenvalue weighted by Crippen LogP contribution is -2.41. The van der Waals surface area contributed by atoms with Crippen molar-refractivity contribution >= 4 is 11.7 Å². The Kier molecular flexibility index (Phi) is 2.11. The summed E-state index contributed by atoms with van der Waals surface area (Å²) in [5, 5.41) is 22.0. The van der Waals surface area contributed by atoms with Crippen LogP contribution >= 0.6 is 0 Å². The Bertz CT molecular complexity index is 509. The van der Waals surface area contributed by atoms with Gasteiger partial charge < -0.3 is 15.5 Å². The molecule has 1 aliphatic carbocycles. The van der Waals surface area contributed by atoms with E-state index in [0.717, 1.165) is 12.0 Å². The zero-order valence-corrected chi connectivity index (χ0v) is 9.13. The zero-order valence-electron chi connectivity index (χ0n) is 9.13. The Morgan fingerprint density at radius 1 is 1.41 bits per heavy atom. The molecule has 0 unspecified atom stereocenters. The lowest BCUT2D eigenvalue weighted by atomic mass is 9.79. The summed E-state index contributed by atoms with van der Waals surface area (Å²) in [7, 11) is 0. The van der Waals surface area contributed by atoms with E-state index in [1.807, 2.05) is 18.2 Å². The second kappa shape index (κ2) is 3.52. The highest BCUT2D eigenvalue weighted by Crippen LogP contribution is 2.47. The maximum atomic E-state index is 11.2. The maximum Gasteiger partial charge on any atom is 0.326 e. The molecule has 0 saturated carbocycles. The standard InChI is InChI=1S/C13H13NO3/c15-10-6-2-5-8-7-3-1-4-9(7)12(13(16)17)14-11(8)10/h1-3,5-7,9,12,14-15H,4H2,(H,16,17)/t7-,9+,12-/m0/s1. The molecular formula is C13H13NO3. The number of carbonyl (C=O) groups is 1. The fourth-order valence-corrected chi connectivity index (χ4v) is 2.85. The van der Waals surface area contributed by atoms with E-state index in [1.54, 1.807) is 12.1 Å². The summed E-state index contributed by atoms with van der Waals surface area (Å²) in [5.74, 6) is -0.605. The van der Waals surface area contributed by atoms with Crippen molar-refractivity contribution in [2.45, 2.75) is 18.4 Å². The highest BCUT2D eigenvalue weighted by atomic mass is 16.4. The van der Waals surface area contributed by atoms with Crippen molar-refractivity contribution in [3.05, 3.63) is 35.9 Å². The predicted molar refractivity (Wildman–Crippen MR) is 63.1 cm³/mol. The lowest BCUT2D eigenvalue weighted by molar-refractivity contribution is -0.139. The maximum absolute atomic E-state index is 11.2. The Labute approximate surface area is 98.6 Å². The third-order valence-corrected chi connectivity index (χ3v) is 3.64. The lowest BCUT2D eigenvalue weighted by Gasteiger charge is -2.34. The third kappa shape index (κ3) is 1.40. The predicted octanol–water partition coefficient (Wildman–Crippen LogP) is 1.93. The summed E-state index contributed by atoms with van der Waals surface area (Å²) in [6.07, 6.45) is 4.83. The first-order chi connectivity index (χ1) is 8.18. The quantitative estimate of drug-likeness (QED) is 0.510. The second-order valence-electron chi connectivity index (χ2n) is 4.56. The Balaban J connectivity index is 2.12. The van der Waals surface area contributed by atoms with Gasteiger partial charge in [0.2, 0.25) is 0 Å². The molecule has 3 N–H and O–H groups in total. The summed E-state index contributed by atoms with van der Waals surface area (Å²) in [5.41, 5.74) is 1.55. The molecule has 4 nitrogen and oxygen atoms in total. The molecule has 1 aromatic rings. The molecule has 0 spiro atoms. The Morgan fingerprint density at radius 3 is 3.00 bits per heavy atom. The Hall–Kier alpha value is -1.97. The second-order valence-corrected chi connectivity index (χ2v) is 4.56. The van der Waals surface area contributed by atoms with Crippen molar-refractivity contribution < 1.29 is 15.0 Å². The van der Waals surface area contributed by atoms with Crippen LogP contribution in [0.2, 0.25) is 0 Å². The number of phenolic OH excluding ortho intramolecular Hbond substituents is 1. The van der Waals surface area contributed by atoms with E-state index in [-0.39, 0.29) is 17.6 Å². The third-order valence-electron chi connectivity index (χ3n) is 3.64. The molecule has 4 heteroatoms. The van der Waals surface area contributed by atoms with Gasteiger partial charge in [-0.3, -0.25) is 0 Å². The molecule has 0 aromatic heterocycles. The van der Waals surface area contributed by atoms with Crippen molar-refractivity contribution in [2.75, 3.05) is 5.32 Å². The minimum absolute atomic E-state index is 0.0433. The van der Waals surface area contributed by atoms with Gasteiger partial charge in [0.05, 0.1) is 5.69 Å². The summed E-state index contributed by atoms with van der Waals surface area (Å²) in [6, 6.07) is 4.67. The smallest absolute Gasteiger partial charge is 0.326 e. The first-order valence-corrected chi connectivity index (χ1v) is 5.66. The minimum Gasteiger partial charge on any atom is -0.506 e. The molecule has 1 heterocycles. The van der Waals surface area contributed by atoms with Crippen LogP contribution in [0, 0.1) is 5.92 Å². The van der Waals surface area contributed by atoms with Crippen molar-refractivity contribution in [1.82, 2.24) is 0 Å². The number of carboxylic acids is 1. The van der Waals surface area contributed by atoms with Crippen LogP contribution in [0.25, 0.3) is 0 Å². The molecule has 1 aliphatic heterocycles. The van der Waals surface area contributed by atoms with Gasteiger partial charge in [0.15, 0.2) is 0 Å². The Morgan fingerprint density at radius 2 is 2.24 bits per heavy atom. The number of para-hydroxylation sites is 1. The number of anilines is 1. The summed E-state index contributed by atoms with van der Waals surface area (Å²) < 4.78 is 0. The van der Waals surface area contributed by atoms with E-state index in [0.29, 0.717) is 5.69 Å². The number of phenols is 1. The number of benzene rings is 1. The fourth-order valence-electron chi connectivity index (χ4n) is 2.85. The van der Waals surface area contributed by atoms with Gasteiger partial charge in [-0.15, -0.1) is 0 Å². The van der Waals surface area contributed by atoms with E-state index in [4.69, 9.17) is 0 Å². The van der Waals surface area contributed by atoms with Crippen molar-refractivity contribution in [1.29, 1.82) is 0 Å². The van der Waals surface area contributed by atoms with Gasteiger partial charge in [0.25, 0.3) is 0 Å². The van der Waals surface area contributed by atoms with Crippen LogP contribution in [0.4, 0.5) is 5.69 Å². The van der Waals surface area contributed by atoms with Crippen molar-refractivity contribution in [2.24, 2.45) is 5.92 Å². The number of hydrogen-bond donors (Lipinski definition) is 3. The van der Waals surface area contributed by atoms with Crippen LogP contribution < -0.4 is 5.32 Å². The summed E-state index contributed by atoms with van der Waals surface area (Å²) in [6.45, 7) is 0. The van der Waals surface area contributed by atoms with Gasteiger partial charge >= 0.3 is 5.97 Å². The van der Waals surface area contributed by atoms with E-state index in [9.17, 15) is 15.0 Å². The van der Waals surface area contributed by atoms with Crippen LogP contribution in [0.15, 0.2) is 30.4 Å². The SMILES string of the molecule is O=C(O)[C@H]1Nc2c(O)cccc2[C@@H]2C=CC[C@@H]12. The highest BCUT2D eigenvalue weighted by molar-refractivity contribution is 5.82. The monoisotopic (exact) mass is 231 g/mol.